The maximum Gasteiger partial charge on any atom is 0.260 e. The maximum atomic E-state index is 12.8. The molecule has 0 radical (unpaired) electrons. The van der Waals surface area contributed by atoms with Crippen molar-refractivity contribution in [1.82, 2.24) is 9.97 Å². The van der Waals surface area contributed by atoms with E-state index in [1.54, 1.807) is 11.3 Å². The molecule has 2 aromatic carbocycles. The van der Waals surface area contributed by atoms with Gasteiger partial charge >= 0.3 is 0 Å². The average molecular weight is 463 g/mol. The first-order valence-electron chi connectivity index (χ1n) is 11.3. The molecule has 1 aliphatic rings. The van der Waals surface area contributed by atoms with E-state index >= 15 is 0 Å². The minimum atomic E-state index is -0.0388. The van der Waals surface area contributed by atoms with Crippen LogP contribution in [0, 0.1) is 0 Å². The number of aromatic nitrogens is 2. The van der Waals surface area contributed by atoms with Crippen LogP contribution in [0.5, 0.6) is 11.5 Å². The van der Waals surface area contributed by atoms with Crippen LogP contribution in [-0.4, -0.2) is 36.4 Å². The fourth-order valence-corrected chi connectivity index (χ4v) is 5.33. The second kappa shape index (κ2) is 10.2. The van der Waals surface area contributed by atoms with Gasteiger partial charge in [0.15, 0.2) is 0 Å². The van der Waals surface area contributed by atoms with E-state index in [9.17, 15) is 4.79 Å². The van der Waals surface area contributed by atoms with Crippen molar-refractivity contribution in [2.75, 3.05) is 26.4 Å². The zero-order valence-corrected chi connectivity index (χ0v) is 19.2. The first-order chi connectivity index (χ1) is 16.3. The quantitative estimate of drug-likeness (QED) is 0.354. The summed E-state index contributed by atoms with van der Waals surface area (Å²) in [6, 6.07) is 17.3. The van der Waals surface area contributed by atoms with Gasteiger partial charge in [0.05, 0.1) is 18.6 Å². The molecular weight excluding hydrogens is 436 g/mol. The van der Waals surface area contributed by atoms with Crippen LogP contribution in [0.15, 0.2) is 59.4 Å². The summed E-state index contributed by atoms with van der Waals surface area (Å²) in [5.41, 5.74) is 2.03. The van der Waals surface area contributed by atoms with Crippen LogP contribution in [0.2, 0.25) is 0 Å². The van der Waals surface area contributed by atoms with Gasteiger partial charge in [0.2, 0.25) is 0 Å². The number of nitrogens with zero attached hydrogens (tertiary/aromatic N) is 1. The van der Waals surface area contributed by atoms with Crippen LogP contribution in [-0.2, 0) is 17.6 Å². The molecule has 0 spiro atoms. The standard InChI is InChI=1S/C26H26N2O4S/c29-25-23-21-8-4-5-9-22(21)33-26(23)28-24(27-25)18-10-12-20(13-11-18)32-17-15-30-14-16-31-19-6-2-1-3-7-19/h1-3,6-7,10-13H,4-5,8-9,14-17H2,(H,27,28,29). The minimum Gasteiger partial charge on any atom is -0.491 e. The van der Waals surface area contributed by atoms with Crippen molar-refractivity contribution in [3.63, 3.8) is 0 Å². The Kier molecular flexibility index (Phi) is 6.69. The van der Waals surface area contributed by atoms with E-state index in [0.717, 1.165) is 46.5 Å². The van der Waals surface area contributed by atoms with Crippen molar-refractivity contribution in [1.29, 1.82) is 0 Å². The molecule has 0 fully saturated rings. The molecule has 170 valence electrons. The number of aromatic amines is 1. The molecule has 2 aromatic heterocycles. The number of aryl methyl sites for hydroxylation is 2. The number of nitrogens with one attached hydrogen (secondary N) is 1. The molecule has 1 N–H and O–H groups in total. The van der Waals surface area contributed by atoms with Crippen LogP contribution >= 0.6 is 11.3 Å². The lowest BCUT2D eigenvalue weighted by Gasteiger charge is -2.10. The molecule has 0 aliphatic heterocycles. The molecule has 0 unspecified atom stereocenters. The van der Waals surface area contributed by atoms with Crippen molar-refractivity contribution in [2.45, 2.75) is 25.7 Å². The van der Waals surface area contributed by atoms with E-state index in [1.165, 1.54) is 16.9 Å². The summed E-state index contributed by atoms with van der Waals surface area (Å²) in [6.45, 7) is 1.94. The van der Waals surface area contributed by atoms with Crippen molar-refractivity contribution in [2.24, 2.45) is 0 Å². The number of ether oxygens (including phenoxy) is 3. The van der Waals surface area contributed by atoms with Gasteiger partial charge in [-0.15, -0.1) is 11.3 Å². The second-order valence-electron chi connectivity index (χ2n) is 7.95. The fourth-order valence-electron chi connectivity index (χ4n) is 4.07. The number of hydrogen-bond acceptors (Lipinski definition) is 6. The predicted molar refractivity (Wildman–Crippen MR) is 131 cm³/mol. The fraction of sp³-hybridized carbons (Fsp3) is 0.308. The third kappa shape index (κ3) is 5.10. The van der Waals surface area contributed by atoms with E-state index in [-0.39, 0.29) is 5.56 Å². The summed E-state index contributed by atoms with van der Waals surface area (Å²) in [7, 11) is 0. The highest BCUT2D eigenvalue weighted by atomic mass is 32.1. The summed E-state index contributed by atoms with van der Waals surface area (Å²) in [6.07, 6.45) is 4.38. The van der Waals surface area contributed by atoms with Gasteiger partial charge in [0.25, 0.3) is 5.56 Å². The van der Waals surface area contributed by atoms with Gasteiger partial charge in [-0.1, -0.05) is 18.2 Å². The van der Waals surface area contributed by atoms with Crippen LogP contribution in [0.25, 0.3) is 21.6 Å². The Hall–Kier alpha value is -3.16. The van der Waals surface area contributed by atoms with E-state index in [0.29, 0.717) is 32.3 Å². The Morgan fingerprint density at radius 1 is 0.848 bits per heavy atom. The first kappa shape index (κ1) is 21.7. The number of para-hydroxylation sites is 1. The highest BCUT2D eigenvalue weighted by Gasteiger charge is 2.20. The van der Waals surface area contributed by atoms with Gasteiger partial charge in [-0.05, 0) is 67.6 Å². The predicted octanol–water partition coefficient (Wildman–Crippen LogP) is 5.00. The van der Waals surface area contributed by atoms with E-state index in [4.69, 9.17) is 19.2 Å². The van der Waals surface area contributed by atoms with Crippen molar-refractivity contribution in [3.8, 4) is 22.9 Å². The SMILES string of the molecule is O=c1[nH]c(-c2ccc(OCCOCCOc3ccccc3)cc2)nc2sc3c(c12)CCCC3. The Labute approximate surface area is 196 Å². The summed E-state index contributed by atoms with van der Waals surface area (Å²) < 4.78 is 16.9. The molecule has 7 heteroatoms. The van der Waals surface area contributed by atoms with Crippen molar-refractivity contribution < 1.29 is 14.2 Å². The highest BCUT2D eigenvalue weighted by Crippen LogP contribution is 2.34. The van der Waals surface area contributed by atoms with Crippen LogP contribution < -0.4 is 15.0 Å². The molecule has 0 amide bonds. The number of benzene rings is 2. The number of H-pyrrole nitrogens is 1. The monoisotopic (exact) mass is 462 g/mol. The molecule has 0 saturated carbocycles. The average Bonchev–Trinajstić information content (AvgIpc) is 3.23. The maximum absolute atomic E-state index is 12.8. The molecular formula is C26H26N2O4S. The van der Waals surface area contributed by atoms with Gasteiger partial charge < -0.3 is 19.2 Å². The normalized spacial score (nSPS) is 13.1. The Morgan fingerprint density at radius 2 is 1.55 bits per heavy atom. The number of hydrogen-bond donors (Lipinski definition) is 1. The van der Waals surface area contributed by atoms with Crippen molar-refractivity contribution in [3.05, 3.63) is 75.4 Å². The molecule has 33 heavy (non-hydrogen) atoms. The Bertz CT molecular complexity index is 1270. The summed E-state index contributed by atoms with van der Waals surface area (Å²) >= 11 is 1.67. The molecule has 0 bridgehead atoms. The number of rotatable bonds is 9. The molecule has 0 saturated heterocycles. The van der Waals surface area contributed by atoms with E-state index < -0.39 is 0 Å². The van der Waals surface area contributed by atoms with Gasteiger partial charge in [-0.25, -0.2) is 4.98 Å². The van der Waals surface area contributed by atoms with E-state index in [1.807, 2.05) is 54.6 Å². The van der Waals surface area contributed by atoms with Gasteiger partial charge in [0.1, 0.15) is 35.4 Å². The minimum absolute atomic E-state index is 0.0388. The summed E-state index contributed by atoms with van der Waals surface area (Å²) in [5, 5.41) is 0.785. The summed E-state index contributed by atoms with van der Waals surface area (Å²) in [5.74, 6) is 2.18. The van der Waals surface area contributed by atoms with Crippen LogP contribution in [0.4, 0.5) is 0 Å². The Balaban J connectivity index is 1.13. The zero-order valence-electron chi connectivity index (χ0n) is 18.3. The van der Waals surface area contributed by atoms with E-state index in [2.05, 4.69) is 4.98 Å². The molecule has 0 atom stereocenters. The lowest BCUT2D eigenvalue weighted by molar-refractivity contribution is 0.0764. The van der Waals surface area contributed by atoms with Gasteiger partial charge in [-0.3, -0.25) is 4.79 Å². The van der Waals surface area contributed by atoms with Gasteiger partial charge in [-0.2, -0.15) is 0 Å². The van der Waals surface area contributed by atoms with Gasteiger partial charge in [0, 0.05) is 10.4 Å². The molecule has 5 rings (SSSR count). The Morgan fingerprint density at radius 3 is 2.30 bits per heavy atom. The third-order valence-electron chi connectivity index (χ3n) is 5.69. The lowest BCUT2D eigenvalue weighted by Crippen LogP contribution is -2.12. The molecule has 2 heterocycles. The van der Waals surface area contributed by atoms with Crippen molar-refractivity contribution >= 4 is 21.6 Å². The van der Waals surface area contributed by atoms with Crippen LogP contribution in [0.1, 0.15) is 23.3 Å². The smallest absolute Gasteiger partial charge is 0.260 e. The molecule has 1 aliphatic carbocycles. The lowest BCUT2D eigenvalue weighted by atomic mass is 9.97. The second-order valence-corrected chi connectivity index (χ2v) is 9.04. The number of thiophene rings is 1. The molecule has 6 nitrogen and oxygen atoms in total. The molecule has 4 aromatic rings. The zero-order chi connectivity index (χ0) is 22.5. The summed E-state index contributed by atoms with van der Waals surface area (Å²) in [4.78, 5) is 22.7. The third-order valence-corrected chi connectivity index (χ3v) is 6.87. The van der Waals surface area contributed by atoms with Crippen LogP contribution in [0.3, 0.4) is 0 Å². The largest absolute Gasteiger partial charge is 0.491 e. The number of fused-ring (bicyclic) bond motifs is 3. The first-order valence-corrected chi connectivity index (χ1v) is 12.1. The highest BCUT2D eigenvalue weighted by molar-refractivity contribution is 7.18. The topological polar surface area (TPSA) is 73.4 Å².